The predicted molar refractivity (Wildman–Crippen MR) is 67.3 cm³/mol. The number of nitrogens with zero attached hydrogens (tertiary/aromatic N) is 1. The van der Waals surface area contributed by atoms with Gasteiger partial charge in [-0.25, -0.2) is 0 Å². The van der Waals surface area contributed by atoms with Gasteiger partial charge in [0.05, 0.1) is 4.88 Å². The van der Waals surface area contributed by atoms with Crippen LogP contribution in [0.4, 0.5) is 0 Å². The SMILES string of the molecule is CN1CCCC(O)(c2sccc2Br)CC1. The molecule has 1 aliphatic rings. The fraction of sp³-hybridized carbons (Fsp3) is 0.636. The van der Waals surface area contributed by atoms with E-state index in [1.807, 2.05) is 11.4 Å². The lowest BCUT2D eigenvalue weighted by molar-refractivity contribution is 0.0249. The van der Waals surface area contributed by atoms with Crippen LogP contribution in [0.5, 0.6) is 0 Å². The molecule has 4 heteroatoms. The van der Waals surface area contributed by atoms with E-state index in [1.54, 1.807) is 11.3 Å². The summed E-state index contributed by atoms with van der Waals surface area (Å²) >= 11 is 5.16. The van der Waals surface area contributed by atoms with Crippen LogP contribution in [0.25, 0.3) is 0 Å². The third kappa shape index (κ3) is 2.44. The number of halogens is 1. The lowest BCUT2D eigenvalue weighted by Gasteiger charge is -2.26. The molecule has 2 nitrogen and oxygen atoms in total. The predicted octanol–water partition coefficient (Wildman–Crippen LogP) is 2.81. The summed E-state index contributed by atoms with van der Waals surface area (Å²) in [7, 11) is 2.12. The van der Waals surface area contributed by atoms with Gasteiger partial charge in [0.25, 0.3) is 0 Å². The van der Waals surface area contributed by atoms with Gasteiger partial charge in [-0.2, -0.15) is 0 Å². The van der Waals surface area contributed by atoms with Crippen molar-refractivity contribution in [2.45, 2.75) is 24.9 Å². The van der Waals surface area contributed by atoms with E-state index in [9.17, 15) is 5.11 Å². The molecule has 1 saturated heterocycles. The first-order valence-electron chi connectivity index (χ1n) is 5.26. The van der Waals surface area contributed by atoms with E-state index in [0.29, 0.717) is 0 Å². The van der Waals surface area contributed by atoms with Gasteiger partial charge in [0.2, 0.25) is 0 Å². The zero-order chi connectivity index (χ0) is 10.9. The Kier molecular flexibility index (Phi) is 3.50. The zero-order valence-corrected chi connectivity index (χ0v) is 11.3. The van der Waals surface area contributed by atoms with Crippen LogP contribution in [0.1, 0.15) is 24.1 Å². The fourth-order valence-corrected chi connectivity index (χ4v) is 4.01. The molecule has 15 heavy (non-hydrogen) atoms. The van der Waals surface area contributed by atoms with Crippen LogP contribution in [-0.2, 0) is 5.60 Å². The Bertz CT molecular complexity index is 341. The van der Waals surface area contributed by atoms with Crippen LogP contribution < -0.4 is 0 Å². The van der Waals surface area contributed by atoms with Crippen molar-refractivity contribution in [2.75, 3.05) is 20.1 Å². The Morgan fingerprint density at radius 3 is 2.93 bits per heavy atom. The van der Waals surface area contributed by atoms with E-state index < -0.39 is 5.60 Å². The Labute approximate surface area is 103 Å². The highest BCUT2D eigenvalue weighted by Crippen LogP contribution is 2.39. The van der Waals surface area contributed by atoms with Gasteiger partial charge >= 0.3 is 0 Å². The van der Waals surface area contributed by atoms with Gasteiger partial charge in [0.15, 0.2) is 0 Å². The Balaban J connectivity index is 2.22. The zero-order valence-electron chi connectivity index (χ0n) is 8.87. The van der Waals surface area contributed by atoms with E-state index in [-0.39, 0.29) is 0 Å². The summed E-state index contributed by atoms with van der Waals surface area (Å²) in [4.78, 5) is 3.39. The number of aliphatic hydroxyl groups is 1. The molecule has 84 valence electrons. The van der Waals surface area contributed by atoms with E-state index in [0.717, 1.165) is 41.7 Å². The average Bonchev–Trinajstić information content (AvgIpc) is 2.55. The average molecular weight is 290 g/mol. The molecular formula is C11H16BrNOS. The second-order valence-corrected chi connectivity index (χ2v) is 6.06. The maximum atomic E-state index is 10.7. The number of thiophene rings is 1. The van der Waals surface area contributed by atoms with Crippen LogP contribution in [0, 0.1) is 0 Å². The molecule has 1 fully saturated rings. The summed E-state index contributed by atoms with van der Waals surface area (Å²) in [5, 5.41) is 12.7. The van der Waals surface area contributed by atoms with Crippen molar-refractivity contribution in [3.8, 4) is 0 Å². The Hall–Kier alpha value is 0.100. The van der Waals surface area contributed by atoms with Gasteiger partial charge in [-0.3, -0.25) is 0 Å². The number of likely N-dealkylation sites (tertiary alicyclic amines) is 1. The third-order valence-electron chi connectivity index (χ3n) is 3.08. The van der Waals surface area contributed by atoms with Crippen molar-refractivity contribution < 1.29 is 5.11 Å². The van der Waals surface area contributed by atoms with Crippen molar-refractivity contribution in [3.05, 3.63) is 20.8 Å². The minimum absolute atomic E-state index is 0.613. The van der Waals surface area contributed by atoms with Crippen LogP contribution in [0.15, 0.2) is 15.9 Å². The van der Waals surface area contributed by atoms with Crippen molar-refractivity contribution in [3.63, 3.8) is 0 Å². The van der Waals surface area contributed by atoms with Crippen LogP contribution in [0.3, 0.4) is 0 Å². The van der Waals surface area contributed by atoms with Crippen LogP contribution in [0.2, 0.25) is 0 Å². The van der Waals surface area contributed by atoms with Crippen molar-refractivity contribution in [1.29, 1.82) is 0 Å². The van der Waals surface area contributed by atoms with Crippen molar-refractivity contribution in [1.82, 2.24) is 4.90 Å². The molecule has 1 aliphatic heterocycles. The minimum Gasteiger partial charge on any atom is -0.384 e. The number of hydrogen-bond donors (Lipinski definition) is 1. The second kappa shape index (κ2) is 4.53. The van der Waals surface area contributed by atoms with Crippen molar-refractivity contribution in [2.24, 2.45) is 0 Å². The summed E-state index contributed by atoms with van der Waals surface area (Å²) in [6.07, 6.45) is 2.77. The summed E-state index contributed by atoms with van der Waals surface area (Å²) in [5.74, 6) is 0. The van der Waals surface area contributed by atoms with E-state index in [4.69, 9.17) is 0 Å². The van der Waals surface area contributed by atoms with Gasteiger partial charge in [0.1, 0.15) is 5.60 Å². The molecule has 2 rings (SSSR count). The summed E-state index contributed by atoms with van der Waals surface area (Å²) in [6, 6.07) is 2.02. The Morgan fingerprint density at radius 2 is 2.27 bits per heavy atom. The monoisotopic (exact) mass is 289 g/mol. The van der Waals surface area contributed by atoms with Gasteiger partial charge in [-0.1, -0.05) is 0 Å². The first kappa shape index (κ1) is 11.6. The minimum atomic E-state index is -0.613. The van der Waals surface area contributed by atoms with Gasteiger partial charge < -0.3 is 10.0 Å². The Morgan fingerprint density at radius 1 is 1.47 bits per heavy atom. The van der Waals surface area contributed by atoms with Gasteiger partial charge in [-0.15, -0.1) is 11.3 Å². The molecule has 1 atom stereocenters. The molecule has 0 aliphatic carbocycles. The lowest BCUT2D eigenvalue weighted by Crippen LogP contribution is -2.27. The summed E-state index contributed by atoms with van der Waals surface area (Å²) < 4.78 is 1.06. The molecule has 0 spiro atoms. The highest BCUT2D eigenvalue weighted by atomic mass is 79.9. The lowest BCUT2D eigenvalue weighted by atomic mass is 9.93. The highest BCUT2D eigenvalue weighted by molar-refractivity contribution is 9.10. The highest BCUT2D eigenvalue weighted by Gasteiger charge is 2.33. The van der Waals surface area contributed by atoms with Crippen molar-refractivity contribution >= 4 is 27.3 Å². The smallest absolute Gasteiger partial charge is 0.101 e. The largest absolute Gasteiger partial charge is 0.384 e. The summed E-state index contributed by atoms with van der Waals surface area (Å²) in [5.41, 5.74) is -0.613. The first-order valence-corrected chi connectivity index (χ1v) is 6.93. The first-order chi connectivity index (χ1) is 7.12. The molecule has 0 saturated carbocycles. The molecular weight excluding hydrogens is 274 g/mol. The maximum Gasteiger partial charge on any atom is 0.101 e. The molecule has 1 N–H and O–H groups in total. The maximum absolute atomic E-state index is 10.7. The molecule has 0 amide bonds. The quantitative estimate of drug-likeness (QED) is 0.859. The standard InChI is InChI=1S/C11H16BrNOS/c1-13-6-2-4-11(14,5-7-13)10-9(12)3-8-15-10/h3,8,14H,2,4-7H2,1H3. The van der Waals surface area contributed by atoms with Crippen LogP contribution in [-0.4, -0.2) is 30.1 Å². The molecule has 0 aromatic carbocycles. The van der Waals surface area contributed by atoms with E-state index in [2.05, 4.69) is 27.9 Å². The third-order valence-corrected chi connectivity index (χ3v) is 5.11. The molecule has 1 unspecified atom stereocenters. The van der Waals surface area contributed by atoms with E-state index in [1.165, 1.54) is 0 Å². The normalized spacial score (nSPS) is 29.0. The fourth-order valence-electron chi connectivity index (χ4n) is 2.11. The second-order valence-electron chi connectivity index (χ2n) is 4.29. The number of rotatable bonds is 1. The van der Waals surface area contributed by atoms with Crippen LogP contribution >= 0.6 is 27.3 Å². The van der Waals surface area contributed by atoms with E-state index >= 15 is 0 Å². The molecule has 1 aromatic heterocycles. The molecule has 0 bridgehead atoms. The topological polar surface area (TPSA) is 23.5 Å². The molecule has 2 heterocycles. The summed E-state index contributed by atoms with van der Waals surface area (Å²) in [6.45, 7) is 2.06. The molecule has 1 aromatic rings. The van der Waals surface area contributed by atoms with Gasteiger partial charge in [0, 0.05) is 11.0 Å². The number of hydrogen-bond acceptors (Lipinski definition) is 3. The molecule has 0 radical (unpaired) electrons. The van der Waals surface area contributed by atoms with Gasteiger partial charge in [-0.05, 0) is 60.2 Å².